The molecule has 1 unspecified atom stereocenters. The second kappa shape index (κ2) is 9.02. The summed E-state index contributed by atoms with van der Waals surface area (Å²) in [6.07, 6.45) is -1.63. The molecule has 1 N–H and O–H groups in total. The van der Waals surface area contributed by atoms with E-state index in [1.807, 2.05) is 6.92 Å². The Bertz CT molecular complexity index is 1220. The Balaban J connectivity index is 1.61. The highest BCUT2D eigenvalue weighted by Gasteiger charge is 2.46. The summed E-state index contributed by atoms with van der Waals surface area (Å²) < 4.78 is 40.2. The van der Waals surface area contributed by atoms with Crippen molar-refractivity contribution in [3.05, 3.63) is 58.4 Å². The summed E-state index contributed by atoms with van der Waals surface area (Å²) in [5.41, 5.74) is 0.0470. The number of hydrogen-bond acceptors (Lipinski definition) is 5. The first-order chi connectivity index (χ1) is 16.2. The second-order valence-corrected chi connectivity index (χ2v) is 8.46. The van der Waals surface area contributed by atoms with E-state index in [0.717, 1.165) is 41.1 Å². The van der Waals surface area contributed by atoms with Crippen LogP contribution in [-0.2, 0) is 23.9 Å². The summed E-state index contributed by atoms with van der Waals surface area (Å²) in [7, 11) is 0. The number of nitrogens with one attached hydrogen (secondary N) is 1. The van der Waals surface area contributed by atoms with Gasteiger partial charge in [0, 0.05) is 25.1 Å². The number of alkyl halides is 3. The molecule has 2 aliphatic heterocycles. The molecular formula is C23H20F3N5O2S. The van der Waals surface area contributed by atoms with Gasteiger partial charge in [-0.05, 0) is 48.0 Å². The SMILES string of the molecule is CCCCNC(=O)c1ccc2c(c1)CN1C(=S)N(c3cnc(C#N)c(C(F)(F)F)c3)C(=O)C1C2. The number of anilines is 1. The van der Waals surface area contributed by atoms with Crippen LogP contribution in [-0.4, -0.2) is 39.4 Å². The van der Waals surface area contributed by atoms with Crippen LogP contribution >= 0.6 is 12.2 Å². The molecule has 34 heavy (non-hydrogen) atoms. The predicted molar refractivity (Wildman–Crippen MR) is 121 cm³/mol. The van der Waals surface area contributed by atoms with Crippen LogP contribution in [0.3, 0.4) is 0 Å². The summed E-state index contributed by atoms with van der Waals surface area (Å²) in [4.78, 5) is 31.8. The van der Waals surface area contributed by atoms with E-state index in [-0.39, 0.29) is 23.3 Å². The molecule has 11 heteroatoms. The molecule has 7 nitrogen and oxygen atoms in total. The van der Waals surface area contributed by atoms with E-state index in [9.17, 15) is 22.8 Å². The van der Waals surface area contributed by atoms with Crippen molar-refractivity contribution < 1.29 is 22.8 Å². The molecule has 3 heterocycles. The molecule has 2 aliphatic rings. The Hall–Kier alpha value is -3.52. The van der Waals surface area contributed by atoms with Gasteiger partial charge in [-0.1, -0.05) is 19.4 Å². The van der Waals surface area contributed by atoms with Gasteiger partial charge in [0.2, 0.25) is 0 Å². The van der Waals surface area contributed by atoms with Crippen molar-refractivity contribution in [3.8, 4) is 6.07 Å². The van der Waals surface area contributed by atoms with Crippen LogP contribution in [0.4, 0.5) is 18.9 Å². The normalized spacial score (nSPS) is 17.3. The summed E-state index contributed by atoms with van der Waals surface area (Å²) in [6, 6.07) is 6.73. The quantitative estimate of drug-likeness (QED) is 0.513. The lowest BCUT2D eigenvalue weighted by Crippen LogP contribution is -2.40. The lowest BCUT2D eigenvalue weighted by Gasteiger charge is -2.30. The van der Waals surface area contributed by atoms with Crippen molar-refractivity contribution in [2.24, 2.45) is 0 Å². The molecule has 2 amide bonds. The Kier molecular flexibility index (Phi) is 6.27. The minimum absolute atomic E-state index is 0.0538. The summed E-state index contributed by atoms with van der Waals surface area (Å²) in [6.45, 7) is 2.85. The molecule has 4 rings (SSSR count). The Labute approximate surface area is 199 Å². The number of amides is 2. The lowest BCUT2D eigenvalue weighted by atomic mass is 9.93. The topological polar surface area (TPSA) is 89.3 Å². The van der Waals surface area contributed by atoms with E-state index < -0.39 is 29.4 Å². The van der Waals surface area contributed by atoms with Crippen LogP contribution < -0.4 is 10.2 Å². The number of nitrogens with zero attached hydrogens (tertiary/aromatic N) is 4. The molecule has 1 fully saturated rings. The fraction of sp³-hybridized carbons (Fsp3) is 0.348. The van der Waals surface area contributed by atoms with E-state index >= 15 is 0 Å². The number of pyridine rings is 1. The maximum absolute atomic E-state index is 13.4. The Morgan fingerprint density at radius 3 is 2.76 bits per heavy atom. The summed E-state index contributed by atoms with van der Waals surface area (Å²) >= 11 is 5.46. The zero-order valence-electron chi connectivity index (χ0n) is 18.1. The molecule has 1 atom stereocenters. The Morgan fingerprint density at radius 2 is 2.09 bits per heavy atom. The first-order valence-corrected chi connectivity index (χ1v) is 11.1. The first kappa shape index (κ1) is 23.6. The third-order valence-electron chi connectivity index (χ3n) is 5.90. The first-order valence-electron chi connectivity index (χ1n) is 10.7. The highest BCUT2D eigenvalue weighted by atomic mass is 32.1. The highest BCUT2D eigenvalue weighted by molar-refractivity contribution is 7.80. The molecule has 1 aromatic carbocycles. The maximum atomic E-state index is 13.4. The minimum Gasteiger partial charge on any atom is -0.352 e. The van der Waals surface area contributed by atoms with Gasteiger partial charge < -0.3 is 10.2 Å². The predicted octanol–water partition coefficient (Wildman–Crippen LogP) is 3.56. The maximum Gasteiger partial charge on any atom is 0.419 e. The molecule has 1 saturated heterocycles. The van der Waals surface area contributed by atoms with Gasteiger partial charge in [-0.2, -0.15) is 18.4 Å². The standard InChI is InChI=1S/C23H20F3N5O2S/c1-2-3-6-28-20(32)14-5-4-13-8-19-21(33)31(22(34)30(19)12-15(13)7-14)16-9-17(23(24,25)26)18(10-27)29-11-16/h4-5,7,9,11,19H,2-3,6,8,12H2,1H3,(H,28,32). The number of rotatable bonds is 5. The van der Waals surface area contributed by atoms with Crippen molar-refractivity contribution >= 4 is 34.8 Å². The number of benzene rings is 1. The molecule has 0 radical (unpaired) electrons. The van der Waals surface area contributed by atoms with Crippen LogP contribution in [0.15, 0.2) is 30.5 Å². The van der Waals surface area contributed by atoms with Gasteiger partial charge in [0.15, 0.2) is 10.8 Å². The second-order valence-electron chi connectivity index (χ2n) is 8.10. The van der Waals surface area contributed by atoms with Crippen LogP contribution in [0, 0.1) is 11.3 Å². The van der Waals surface area contributed by atoms with Crippen molar-refractivity contribution in [1.29, 1.82) is 5.26 Å². The summed E-state index contributed by atoms with van der Waals surface area (Å²) in [5.74, 6) is -0.653. The number of carbonyl (C=O) groups is 2. The third-order valence-corrected chi connectivity index (χ3v) is 6.32. The number of thiocarbonyl (C=S) groups is 1. The number of halogens is 3. The van der Waals surface area contributed by atoms with E-state index in [4.69, 9.17) is 17.5 Å². The van der Waals surface area contributed by atoms with Crippen molar-refractivity contribution in [3.63, 3.8) is 0 Å². The summed E-state index contributed by atoms with van der Waals surface area (Å²) in [5, 5.41) is 11.9. The van der Waals surface area contributed by atoms with Crippen LogP contribution in [0.5, 0.6) is 0 Å². The average molecular weight is 488 g/mol. The van der Waals surface area contributed by atoms with Gasteiger partial charge in [0.1, 0.15) is 12.1 Å². The average Bonchev–Trinajstić information content (AvgIpc) is 3.05. The molecule has 0 bridgehead atoms. The van der Waals surface area contributed by atoms with Gasteiger partial charge in [0.25, 0.3) is 11.8 Å². The van der Waals surface area contributed by atoms with E-state index in [0.29, 0.717) is 18.5 Å². The molecule has 2 aromatic rings. The molecule has 1 aromatic heterocycles. The number of aromatic nitrogens is 1. The van der Waals surface area contributed by atoms with Gasteiger partial charge in [0.05, 0.1) is 17.4 Å². The van der Waals surface area contributed by atoms with Gasteiger partial charge in [-0.25, -0.2) is 4.98 Å². The van der Waals surface area contributed by atoms with Crippen LogP contribution in [0.25, 0.3) is 0 Å². The largest absolute Gasteiger partial charge is 0.419 e. The number of carbonyl (C=O) groups excluding carboxylic acids is 2. The van der Waals surface area contributed by atoms with Crippen molar-refractivity contribution in [1.82, 2.24) is 15.2 Å². The van der Waals surface area contributed by atoms with Crippen LogP contribution in [0.2, 0.25) is 0 Å². The van der Waals surface area contributed by atoms with Gasteiger partial charge in [-0.15, -0.1) is 0 Å². The number of nitriles is 1. The van der Waals surface area contributed by atoms with E-state index in [1.54, 1.807) is 23.1 Å². The highest BCUT2D eigenvalue weighted by Crippen LogP contribution is 2.37. The molecule has 0 spiro atoms. The third kappa shape index (κ3) is 4.21. The number of hydrogen-bond donors (Lipinski definition) is 1. The van der Waals surface area contributed by atoms with Gasteiger partial charge >= 0.3 is 6.18 Å². The fourth-order valence-corrected chi connectivity index (χ4v) is 4.51. The van der Waals surface area contributed by atoms with E-state index in [2.05, 4.69) is 10.3 Å². The zero-order valence-corrected chi connectivity index (χ0v) is 19.0. The van der Waals surface area contributed by atoms with Gasteiger partial charge in [-0.3, -0.25) is 14.5 Å². The van der Waals surface area contributed by atoms with Crippen molar-refractivity contribution in [2.75, 3.05) is 11.4 Å². The number of fused-ring (bicyclic) bond motifs is 2. The smallest absolute Gasteiger partial charge is 0.352 e. The van der Waals surface area contributed by atoms with Crippen molar-refractivity contribution in [2.45, 2.75) is 44.9 Å². The molecule has 0 aliphatic carbocycles. The fourth-order valence-electron chi connectivity index (χ4n) is 4.12. The lowest BCUT2D eigenvalue weighted by molar-refractivity contribution is -0.138. The van der Waals surface area contributed by atoms with Crippen LogP contribution in [0.1, 0.15) is 52.5 Å². The monoisotopic (exact) mass is 487 g/mol. The zero-order chi connectivity index (χ0) is 24.6. The molecular weight excluding hydrogens is 467 g/mol. The van der Waals surface area contributed by atoms with E-state index in [1.165, 1.54) is 6.07 Å². The molecule has 0 saturated carbocycles. The molecule has 176 valence electrons. The number of unbranched alkanes of at least 4 members (excludes halogenated alkanes) is 1. The Morgan fingerprint density at radius 1 is 1.32 bits per heavy atom. The minimum atomic E-state index is -4.81.